The molecule has 0 saturated carbocycles. The first-order valence-electron chi connectivity index (χ1n) is 6.40. The second kappa shape index (κ2) is 7.72. The van der Waals surface area contributed by atoms with Crippen molar-refractivity contribution in [3.8, 4) is 0 Å². The fourth-order valence-corrected chi connectivity index (χ4v) is 6.43. The highest BCUT2D eigenvalue weighted by Gasteiger charge is 2.37. The lowest BCUT2D eigenvalue weighted by molar-refractivity contribution is 0.0402. The summed E-state index contributed by atoms with van der Waals surface area (Å²) in [5.41, 5.74) is 6.69. The van der Waals surface area contributed by atoms with E-state index in [4.69, 9.17) is 10.5 Å². The first kappa shape index (κ1) is 19.3. The Morgan fingerprint density at radius 2 is 2.24 bits per heavy atom. The van der Waals surface area contributed by atoms with Crippen molar-refractivity contribution in [3.05, 3.63) is 15.4 Å². The molecule has 9 heteroatoms. The predicted molar refractivity (Wildman–Crippen MR) is 90.8 cm³/mol. The molecule has 0 radical (unpaired) electrons. The first-order valence-corrected chi connectivity index (χ1v) is 9.45. The molecule has 2 atom stereocenters. The predicted octanol–water partition coefficient (Wildman–Crippen LogP) is 2.37. The quantitative estimate of drug-likeness (QED) is 0.813. The van der Waals surface area contributed by atoms with Gasteiger partial charge in [0, 0.05) is 26.2 Å². The highest BCUT2D eigenvalue weighted by Crippen LogP contribution is 2.34. The number of hydrogen-bond acceptors (Lipinski definition) is 5. The Morgan fingerprint density at radius 1 is 1.57 bits per heavy atom. The van der Waals surface area contributed by atoms with Crippen LogP contribution in [0.1, 0.15) is 18.4 Å². The van der Waals surface area contributed by atoms with Gasteiger partial charge >= 0.3 is 0 Å². The summed E-state index contributed by atoms with van der Waals surface area (Å²) in [6.45, 7) is 2.65. The lowest BCUT2D eigenvalue weighted by Gasteiger charge is -2.37. The van der Waals surface area contributed by atoms with E-state index in [0.717, 1.165) is 9.35 Å². The van der Waals surface area contributed by atoms with Crippen LogP contribution in [0.25, 0.3) is 0 Å². The molecule has 0 amide bonds. The highest BCUT2D eigenvalue weighted by molar-refractivity contribution is 9.11. The summed E-state index contributed by atoms with van der Waals surface area (Å²) in [6.07, 6.45) is 1.45. The van der Waals surface area contributed by atoms with Gasteiger partial charge in [0.05, 0.1) is 9.89 Å². The molecule has 2 unspecified atom stereocenters. The number of ether oxygens (including phenoxy) is 1. The number of methoxy groups -OCH3 is 1. The Morgan fingerprint density at radius 3 is 2.71 bits per heavy atom. The number of aryl methyl sites for hydroxylation is 1. The molecular formula is C12H20BrClN2O3S2. The van der Waals surface area contributed by atoms with Crippen LogP contribution in [0.2, 0.25) is 0 Å². The summed E-state index contributed by atoms with van der Waals surface area (Å²) in [5, 5.41) is 0. The van der Waals surface area contributed by atoms with Crippen molar-refractivity contribution in [3.63, 3.8) is 0 Å². The topological polar surface area (TPSA) is 72.6 Å². The molecule has 2 rings (SSSR count). The maximum atomic E-state index is 12.7. The molecule has 0 aliphatic carbocycles. The molecule has 0 bridgehead atoms. The molecular weight excluding hydrogens is 400 g/mol. The minimum atomic E-state index is -3.47. The van der Waals surface area contributed by atoms with Crippen LogP contribution >= 0.6 is 39.7 Å². The Hall–Kier alpha value is 0.300. The summed E-state index contributed by atoms with van der Waals surface area (Å²) in [4.78, 5) is 0. The van der Waals surface area contributed by atoms with E-state index >= 15 is 0 Å². The van der Waals surface area contributed by atoms with Gasteiger partial charge in [-0.15, -0.1) is 23.7 Å². The lowest BCUT2D eigenvalue weighted by atomic mass is 10.0. The molecule has 1 aliphatic rings. The van der Waals surface area contributed by atoms with Gasteiger partial charge < -0.3 is 10.5 Å². The van der Waals surface area contributed by atoms with Crippen LogP contribution in [0.3, 0.4) is 0 Å². The van der Waals surface area contributed by atoms with Gasteiger partial charge in [0.25, 0.3) is 10.0 Å². The average Bonchev–Trinajstić information content (AvgIpc) is 2.78. The van der Waals surface area contributed by atoms with Crippen molar-refractivity contribution < 1.29 is 13.2 Å². The van der Waals surface area contributed by atoms with E-state index in [9.17, 15) is 8.42 Å². The number of piperidine rings is 1. The SMILES string of the molecule is COC1CCN(S(=O)(=O)c2cc(C)c(Br)s2)C(CN)C1.Cl. The summed E-state index contributed by atoms with van der Waals surface area (Å²) < 4.78 is 33.6. The maximum absolute atomic E-state index is 12.7. The van der Waals surface area contributed by atoms with E-state index in [1.165, 1.54) is 15.6 Å². The van der Waals surface area contributed by atoms with Crippen molar-refractivity contribution in [1.29, 1.82) is 0 Å². The van der Waals surface area contributed by atoms with Gasteiger partial charge in [-0.2, -0.15) is 4.31 Å². The zero-order valence-electron chi connectivity index (χ0n) is 11.9. The Labute approximate surface area is 144 Å². The van der Waals surface area contributed by atoms with E-state index in [2.05, 4.69) is 15.9 Å². The lowest BCUT2D eigenvalue weighted by Crippen LogP contribution is -2.50. The van der Waals surface area contributed by atoms with Gasteiger partial charge in [-0.25, -0.2) is 8.42 Å². The molecule has 2 heterocycles. The van der Waals surface area contributed by atoms with E-state index < -0.39 is 10.0 Å². The smallest absolute Gasteiger partial charge is 0.252 e. The third-order valence-electron chi connectivity index (χ3n) is 3.62. The number of hydrogen-bond donors (Lipinski definition) is 1. The molecule has 1 saturated heterocycles. The number of sulfonamides is 1. The van der Waals surface area contributed by atoms with Crippen LogP contribution in [0.4, 0.5) is 0 Å². The van der Waals surface area contributed by atoms with E-state index in [1.54, 1.807) is 13.2 Å². The van der Waals surface area contributed by atoms with Gasteiger partial charge in [-0.05, 0) is 47.3 Å². The molecule has 1 fully saturated rings. The minimum Gasteiger partial charge on any atom is -0.381 e. The molecule has 1 aromatic heterocycles. The summed E-state index contributed by atoms with van der Waals surface area (Å²) in [5.74, 6) is 0. The van der Waals surface area contributed by atoms with E-state index in [-0.39, 0.29) is 24.6 Å². The van der Waals surface area contributed by atoms with Crippen molar-refractivity contribution >= 4 is 49.7 Å². The molecule has 122 valence electrons. The van der Waals surface area contributed by atoms with Crippen LogP contribution in [0, 0.1) is 6.92 Å². The van der Waals surface area contributed by atoms with Gasteiger partial charge in [-0.1, -0.05) is 0 Å². The number of nitrogens with zero attached hydrogens (tertiary/aromatic N) is 1. The fourth-order valence-electron chi connectivity index (χ4n) is 2.41. The normalized spacial score (nSPS) is 23.8. The van der Waals surface area contributed by atoms with Crippen molar-refractivity contribution in [2.75, 3.05) is 20.2 Å². The van der Waals surface area contributed by atoms with Gasteiger partial charge in [0.15, 0.2) is 0 Å². The van der Waals surface area contributed by atoms with Crippen molar-refractivity contribution in [2.45, 2.75) is 36.1 Å². The number of thiophene rings is 1. The monoisotopic (exact) mass is 418 g/mol. The summed E-state index contributed by atoms with van der Waals surface area (Å²) in [7, 11) is -1.82. The summed E-state index contributed by atoms with van der Waals surface area (Å²) in [6, 6.07) is 1.51. The van der Waals surface area contributed by atoms with Crippen LogP contribution < -0.4 is 5.73 Å². The van der Waals surface area contributed by atoms with Gasteiger partial charge in [0.1, 0.15) is 4.21 Å². The van der Waals surface area contributed by atoms with Crippen molar-refractivity contribution in [1.82, 2.24) is 4.31 Å². The van der Waals surface area contributed by atoms with Gasteiger partial charge in [-0.3, -0.25) is 0 Å². The Bertz CT molecular complexity index is 560. The molecule has 21 heavy (non-hydrogen) atoms. The standard InChI is InChI=1S/C12H19BrN2O3S2.ClH/c1-8-5-11(19-12(8)13)20(16,17)15-4-3-10(18-2)6-9(15)7-14;/h5,9-10H,3-4,6-7,14H2,1-2H3;1H. The van der Waals surface area contributed by atoms with Crippen LogP contribution in [-0.2, 0) is 14.8 Å². The zero-order chi connectivity index (χ0) is 14.9. The largest absolute Gasteiger partial charge is 0.381 e. The zero-order valence-corrected chi connectivity index (χ0v) is 15.9. The highest BCUT2D eigenvalue weighted by atomic mass is 79.9. The summed E-state index contributed by atoms with van der Waals surface area (Å²) >= 11 is 4.63. The number of rotatable bonds is 4. The van der Waals surface area contributed by atoms with Crippen LogP contribution in [0.5, 0.6) is 0 Å². The first-order chi connectivity index (χ1) is 9.40. The van der Waals surface area contributed by atoms with Gasteiger partial charge in [0.2, 0.25) is 0 Å². The van der Waals surface area contributed by atoms with Crippen LogP contribution in [-0.4, -0.2) is 45.1 Å². The second-order valence-corrected chi connectivity index (χ2v) is 9.40. The van der Waals surface area contributed by atoms with E-state index in [0.29, 0.717) is 30.1 Å². The number of halogens is 2. The third-order valence-corrected chi connectivity index (χ3v) is 8.15. The van der Waals surface area contributed by atoms with Crippen LogP contribution in [0.15, 0.2) is 14.1 Å². The van der Waals surface area contributed by atoms with Crippen molar-refractivity contribution in [2.24, 2.45) is 5.73 Å². The second-order valence-electron chi connectivity index (χ2n) is 4.91. The Balaban J connectivity index is 0.00000220. The van der Waals surface area contributed by atoms with E-state index in [1.807, 2.05) is 6.92 Å². The fraction of sp³-hybridized carbons (Fsp3) is 0.667. The third kappa shape index (κ3) is 3.99. The maximum Gasteiger partial charge on any atom is 0.252 e. The average molecular weight is 420 g/mol. The molecule has 0 aromatic carbocycles. The Kier molecular flexibility index (Phi) is 7.11. The molecule has 5 nitrogen and oxygen atoms in total. The molecule has 1 aliphatic heterocycles. The number of nitrogens with two attached hydrogens (primary N) is 1. The molecule has 1 aromatic rings. The molecule has 0 spiro atoms. The minimum absolute atomic E-state index is 0. The molecule has 2 N–H and O–H groups in total.